The molecule has 0 radical (unpaired) electrons. The van der Waals surface area contributed by atoms with Gasteiger partial charge in [-0.15, -0.1) is 5.10 Å². The van der Waals surface area contributed by atoms with Gasteiger partial charge in [0.25, 0.3) is 0 Å². The Balaban J connectivity index is 1.97. The molecule has 0 saturated heterocycles. The largest absolute Gasteiger partial charge is 0.318 e. The lowest BCUT2D eigenvalue weighted by Gasteiger charge is -2.09. The second kappa shape index (κ2) is 4.66. The van der Waals surface area contributed by atoms with Gasteiger partial charge in [0.2, 0.25) is 0 Å². The molecule has 22 heavy (non-hydrogen) atoms. The minimum absolute atomic E-state index is 0.129. The molecular weight excluding hydrogens is 282 g/mol. The summed E-state index contributed by atoms with van der Waals surface area (Å²) in [5.41, 5.74) is 1.54. The predicted octanol–water partition coefficient (Wildman–Crippen LogP) is 0.940. The maximum absolute atomic E-state index is 12.2. The first-order chi connectivity index (χ1) is 10.7. The smallest absolute Gasteiger partial charge is 0.316 e. The normalized spacial score (nSPS) is 11.3. The summed E-state index contributed by atoms with van der Waals surface area (Å²) in [4.78, 5) is 26.6. The molecule has 0 bridgehead atoms. The van der Waals surface area contributed by atoms with Gasteiger partial charge >= 0.3 is 11.1 Å². The number of rotatable bonds is 2. The van der Waals surface area contributed by atoms with Crippen LogP contribution in [0.4, 0.5) is 0 Å². The molecule has 2 heterocycles. The van der Waals surface area contributed by atoms with Gasteiger partial charge in [0, 0.05) is 0 Å². The number of H-pyrrole nitrogens is 1. The number of nitrogens with zero attached hydrogens (tertiary/aromatic N) is 4. The van der Waals surface area contributed by atoms with Crippen molar-refractivity contribution in [3.8, 4) is 0 Å². The lowest BCUT2D eigenvalue weighted by atomic mass is 10.3. The van der Waals surface area contributed by atoms with E-state index in [1.165, 1.54) is 4.57 Å². The summed E-state index contributed by atoms with van der Waals surface area (Å²) in [5, 5.41) is 8.12. The Bertz CT molecular complexity index is 1110. The van der Waals surface area contributed by atoms with Gasteiger partial charge in [-0.05, 0) is 24.3 Å². The van der Waals surface area contributed by atoms with E-state index in [9.17, 15) is 9.59 Å². The Morgan fingerprint density at radius 1 is 0.955 bits per heavy atom. The van der Waals surface area contributed by atoms with Crippen molar-refractivity contribution < 1.29 is 0 Å². The molecule has 0 aliphatic heterocycles. The molecule has 1 N–H and O–H groups in total. The van der Waals surface area contributed by atoms with Crippen molar-refractivity contribution in [1.82, 2.24) is 24.5 Å². The zero-order valence-electron chi connectivity index (χ0n) is 11.4. The van der Waals surface area contributed by atoms with Crippen LogP contribution in [0.5, 0.6) is 0 Å². The third-order valence-corrected chi connectivity index (χ3v) is 3.58. The van der Waals surface area contributed by atoms with Gasteiger partial charge in [-0.2, -0.15) is 0 Å². The molecule has 2 aromatic carbocycles. The van der Waals surface area contributed by atoms with E-state index in [0.29, 0.717) is 11.0 Å². The summed E-state index contributed by atoms with van der Waals surface area (Å²) in [7, 11) is 0. The fourth-order valence-electron chi connectivity index (χ4n) is 2.52. The van der Waals surface area contributed by atoms with Crippen LogP contribution in [0.2, 0.25) is 0 Å². The average molecular weight is 293 g/mol. The van der Waals surface area contributed by atoms with Crippen molar-refractivity contribution in [3.63, 3.8) is 0 Å². The van der Waals surface area contributed by atoms with Crippen molar-refractivity contribution in [1.29, 1.82) is 0 Å². The standard InChI is InChI=1S/C15H11N5O2/c21-14-15(22)19(12-7-3-1-5-10(12)16-14)9-20-13-8-4-2-6-11(13)17-18-20/h1-8H,9H2,(H,16,21). The van der Waals surface area contributed by atoms with Gasteiger partial charge in [-0.25, -0.2) is 4.68 Å². The fraction of sp³-hybridized carbons (Fsp3) is 0.0667. The number of para-hydroxylation sites is 3. The lowest BCUT2D eigenvalue weighted by Crippen LogP contribution is -2.37. The highest BCUT2D eigenvalue weighted by Crippen LogP contribution is 2.11. The molecule has 4 aromatic rings. The van der Waals surface area contributed by atoms with E-state index in [1.807, 2.05) is 30.3 Å². The predicted molar refractivity (Wildman–Crippen MR) is 81.8 cm³/mol. The van der Waals surface area contributed by atoms with Crippen LogP contribution in [0.15, 0.2) is 58.1 Å². The number of hydrogen-bond acceptors (Lipinski definition) is 4. The van der Waals surface area contributed by atoms with Crippen LogP contribution in [0.25, 0.3) is 22.1 Å². The molecular formula is C15H11N5O2. The average Bonchev–Trinajstić information content (AvgIpc) is 2.95. The van der Waals surface area contributed by atoms with Gasteiger partial charge < -0.3 is 4.98 Å². The molecule has 2 aromatic heterocycles. The van der Waals surface area contributed by atoms with Gasteiger partial charge in [-0.1, -0.05) is 29.5 Å². The molecule has 7 heteroatoms. The third-order valence-electron chi connectivity index (χ3n) is 3.58. The Morgan fingerprint density at radius 2 is 1.68 bits per heavy atom. The summed E-state index contributed by atoms with van der Waals surface area (Å²) >= 11 is 0. The van der Waals surface area contributed by atoms with E-state index in [0.717, 1.165) is 11.0 Å². The zero-order chi connectivity index (χ0) is 15.1. The van der Waals surface area contributed by atoms with Crippen LogP contribution < -0.4 is 11.1 Å². The lowest BCUT2D eigenvalue weighted by molar-refractivity contribution is 0.542. The highest BCUT2D eigenvalue weighted by molar-refractivity contribution is 5.75. The molecule has 7 nitrogen and oxygen atoms in total. The maximum Gasteiger partial charge on any atom is 0.318 e. The van der Waals surface area contributed by atoms with Crippen LogP contribution in [-0.2, 0) is 6.67 Å². The number of nitrogens with one attached hydrogen (secondary N) is 1. The van der Waals surface area contributed by atoms with Gasteiger partial charge in [-0.3, -0.25) is 14.2 Å². The molecule has 0 amide bonds. The zero-order valence-corrected chi connectivity index (χ0v) is 11.4. The number of aromatic amines is 1. The van der Waals surface area contributed by atoms with Crippen LogP contribution in [0.1, 0.15) is 0 Å². The van der Waals surface area contributed by atoms with Gasteiger partial charge in [0.15, 0.2) is 0 Å². The summed E-state index contributed by atoms with van der Waals surface area (Å²) in [5.74, 6) is 0. The van der Waals surface area contributed by atoms with Crippen molar-refractivity contribution in [2.75, 3.05) is 0 Å². The first kappa shape index (κ1) is 12.5. The molecule has 0 spiro atoms. The van der Waals surface area contributed by atoms with Crippen LogP contribution in [-0.4, -0.2) is 24.5 Å². The van der Waals surface area contributed by atoms with Crippen molar-refractivity contribution >= 4 is 22.1 Å². The Kier molecular flexibility index (Phi) is 2.65. The highest BCUT2D eigenvalue weighted by atomic mass is 16.2. The Morgan fingerprint density at radius 3 is 2.55 bits per heavy atom. The number of fused-ring (bicyclic) bond motifs is 2. The monoisotopic (exact) mass is 293 g/mol. The number of aromatic nitrogens is 5. The third kappa shape index (κ3) is 1.83. The highest BCUT2D eigenvalue weighted by Gasteiger charge is 2.10. The molecule has 0 aliphatic carbocycles. The fourth-order valence-corrected chi connectivity index (χ4v) is 2.52. The van der Waals surface area contributed by atoms with E-state index in [4.69, 9.17) is 0 Å². The summed E-state index contributed by atoms with van der Waals surface area (Å²) in [6.45, 7) is 0.129. The maximum atomic E-state index is 12.2. The SMILES string of the molecule is O=c1[nH]c2ccccc2n(Cn2nnc3ccccc32)c1=O. The molecule has 0 fully saturated rings. The van der Waals surface area contributed by atoms with E-state index >= 15 is 0 Å². The van der Waals surface area contributed by atoms with E-state index in [1.54, 1.807) is 22.9 Å². The second-order valence-corrected chi connectivity index (χ2v) is 4.92. The van der Waals surface area contributed by atoms with Crippen molar-refractivity contribution in [3.05, 3.63) is 69.2 Å². The summed E-state index contributed by atoms with van der Waals surface area (Å²) in [6, 6.07) is 14.6. The molecule has 0 saturated carbocycles. The molecule has 0 unspecified atom stereocenters. The summed E-state index contributed by atoms with van der Waals surface area (Å²) < 4.78 is 3.00. The van der Waals surface area contributed by atoms with Gasteiger partial charge in [0.1, 0.15) is 12.2 Å². The first-order valence-electron chi connectivity index (χ1n) is 6.74. The van der Waals surface area contributed by atoms with E-state index < -0.39 is 11.1 Å². The Hall–Kier alpha value is -3.22. The molecule has 4 rings (SSSR count). The quantitative estimate of drug-likeness (QED) is 0.557. The minimum atomic E-state index is -0.650. The number of hydrogen-bond donors (Lipinski definition) is 1. The topological polar surface area (TPSA) is 85.6 Å². The van der Waals surface area contributed by atoms with E-state index in [2.05, 4.69) is 15.3 Å². The van der Waals surface area contributed by atoms with Crippen molar-refractivity contribution in [2.45, 2.75) is 6.67 Å². The van der Waals surface area contributed by atoms with Crippen LogP contribution in [0, 0.1) is 0 Å². The molecule has 0 atom stereocenters. The second-order valence-electron chi connectivity index (χ2n) is 4.92. The minimum Gasteiger partial charge on any atom is -0.316 e. The Labute approximate surface area is 123 Å². The molecule has 108 valence electrons. The van der Waals surface area contributed by atoms with Crippen LogP contribution >= 0.6 is 0 Å². The van der Waals surface area contributed by atoms with E-state index in [-0.39, 0.29) is 6.67 Å². The van der Waals surface area contributed by atoms with Crippen molar-refractivity contribution in [2.24, 2.45) is 0 Å². The molecule has 0 aliphatic rings. The first-order valence-corrected chi connectivity index (χ1v) is 6.74. The number of benzene rings is 2. The van der Waals surface area contributed by atoms with Crippen LogP contribution in [0.3, 0.4) is 0 Å². The van der Waals surface area contributed by atoms with Gasteiger partial charge in [0.05, 0.1) is 16.6 Å². The summed E-state index contributed by atoms with van der Waals surface area (Å²) in [6.07, 6.45) is 0.